The van der Waals surface area contributed by atoms with Crippen LogP contribution < -0.4 is 10.1 Å². The smallest absolute Gasteiger partial charge is 0.128 e. The number of rotatable bonds is 6. The number of thiophene rings is 1. The van der Waals surface area contributed by atoms with Crippen molar-refractivity contribution in [1.29, 1.82) is 0 Å². The quantitative estimate of drug-likeness (QED) is 0.796. The summed E-state index contributed by atoms with van der Waals surface area (Å²) in [6, 6.07) is 8.78. The molecule has 0 aliphatic rings. The maximum absolute atomic E-state index is 13.1. The highest BCUT2D eigenvalue weighted by atomic mass is 79.9. The lowest BCUT2D eigenvalue weighted by atomic mass is 10.3. The molecule has 0 aliphatic carbocycles. The molecule has 2 aromatic rings. The van der Waals surface area contributed by atoms with E-state index in [4.69, 9.17) is 4.74 Å². The molecule has 102 valence electrons. The van der Waals surface area contributed by atoms with Gasteiger partial charge < -0.3 is 10.1 Å². The highest BCUT2D eigenvalue weighted by Gasteiger charge is 2.00. The number of aryl methyl sites for hydroxylation is 1. The van der Waals surface area contributed by atoms with Gasteiger partial charge in [-0.3, -0.25) is 0 Å². The van der Waals surface area contributed by atoms with Gasteiger partial charge in [0.2, 0.25) is 0 Å². The van der Waals surface area contributed by atoms with Crippen LogP contribution in [-0.4, -0.2) is 13.2 Å². The van der Waals surface area contributed by atoms with Crippen LogP contribution in [0.3, 0.4) is 0 Å². The average molecular weight is 344 g/mol. The summed E-state index contributed by atoms with van der Waals surface area (Å²) < 4.78 is 19.3. The summed E-state index contributed by atoms with van der Waals surface area (Å²) in [5, 5.41) is 3.29. The Balaban J connectivity index is 1.69. The van der Waals surface area contributed by atoms with Crippen LogP contribution in [0.4, 0.5) is 4.39 Å². The summed E-state index contributed by atoms with van der Waals surface area (Å²) >= 11 is 5.02. The van der Waals surface area contributed by atoms with E-state index in [1.807, 2.05) is 0 Å². The van der Waals surface area contributed by atoms with Gasteiger partial charge in [0.05, 0.1) is 0 Å². The van der Waals surface area contributed by atoms with Crippen molar-refractivity contribution in [3.05, 3.63) is 50.4 Å². The normalized spacial score (nSPS) is 10.7. The third-order valence-corrected chi connectivity index (χ3v) is 3.94. The molecule has 1 heterocycles. The Labute approximate surface area is 124 Å². The number of benzene rings is 1. The molecule has 0 fully saturated rings. The molecular weight excluding hydrogens is 329 g/mol. The molecule has 1 aromatic heterocycles. The van der Waals surface area contributed by atoms with Gasteiger partial charge >= 0.3 is 0 Å². The Morgan fingerprint density at radius 2 is 2.16 bits per heavy atom. The first-order chi connectivity index (χ1) is 9.13. The van der Waals surface area contributed by atoms with E-state index in [-0.39, 0.29) is 5.82 Å². The van der Waals surface area contributed by atoms with Crippen molar-refractivity contribution in [2.75, 3.05) is 13.2 Å². The topological polar surface area (TPSA) is 21.3 Å². The maximum Gasteiger partial charge on any atom is 0.128 e. The highest BCUT2D eigenvalue weighted by Crippen LogP contribution is 2.20. The molecular formula is C14H15BrFNOS. The third kappa shape index (κ3) is 4.93. The molecule has 1 aromatic carbocycles. The van der Waals surface area contributed by atoms with Crippen LogP contribution in [-0.2, 0) is 6.54 Å². The second kappa shape index (κ2) is 7.03. The van der Waals surface area contributed by atoms with Crippen LogP contribution >= 0.6 is 27.3 Å². The Hall–Kier alpha value is -0.910. The molecule has 0 saturated carbocycles. The molecule has 0 aliphatic heterocycles. The van der Waals surface area contributed by atoms with Crippen molar-refractivity contribution in [2.24, 2.45) is 0 Å². The van der Waals surface area contributed by atoms with Gasteiger partial charge in [-0.1, -0.05) is 15.9 Å². The van der Waals surface area contributed by atoms with Crippen molar-refractivity contribution < 1.29 is 9.13 Å². The van der Waals surface area contributed by atoms with Crippen molar-refractivity contribution in [3.8, 4) is 5.75 Å². The van der Waals surface area contributed by atoms with Crippen LogP contribution in [0.15, 0.2) is 34.8 Å². The van der Waals surface area contributed by atoms with Gasteiger partial charge in [0.15, 0.2) is 0 Å². The van der Waals surface area contributed by atoms with Gasteiger partial charge in [-0.2, -0.15) is 0 Å². The van der Waals surface area contributed by atoms with Crippen molar-refractivity contribution in [2.45, 2.75) is 13.5 Å². The van der Waals surface area contributed by atoms with E-state index >= 15 is 0 Å². The third-order valence-electron chi connectivity index (χ3n) is 2.48. The van der Waals surface area contributed by atoms with E-state index in [1.165, 1.54) is 21.9 Å². The van der Waals surface area contributed by atoms with E-state index in [0.717, 1.165) is 13.1 Å². The number of halogens is 2. The van der Waals surface area contributed by atoms with Crippen molar-refractivity contribution >= 4 is 27.3 Å². The molecule has 0 spiro atoms. The number of hydrogen-bond acceptors (Lipinski definition) is 3. The van der Waals surface area contributed by atoms with Crippen LogP contribution in [0, 0.1) is 12.7 Å². The highest BCUT2D eigenvalue weighted by molar-refractivity contribution is 9.10. The van der Waals surface area contributed by atoms with E-state index in [0.29, 0.717) is 16.8 Å². The van der Waals surface area contributed by atoms with Crippen LogP contribution in [0.25, 0.3) is 0 Å². The fraction of sp³-hybridized carbons (Fsp3) is 0.286. The fourth-order valence-corrected chi connectivity index (χ4v) is 2.95. The van der Waals surface area contributed by atoms with Crippen molar-refractivity contribution in [3.63, 3.8) is 0 Å². The van der Waals surface area contributed by atoms with Gasteiger partial charge in [-0.25, -0.2) is 4.39 Å². The molecule has 2 rings (SSSR count). The summed E-state index contributed by atoms with van der Waals surface area (Å²) in [6.07, 6.45) is 0. The number of ether oxygens (including phenoxy) is 1. The molecule has 1 N–H and O–H groups in total. The van der Waals surface area contributed by atoms with E-state index in [1.54, 1.807) is 17.4 Å². The lowest BCUT2D eigenvalue weighted by molar-refractivity contribution is 0.312. The Morgan fingerprint density at radius 1 is 1.32 bits per heavy atom. The fourth-order valence-electron chi connectivity index (χ4n) is 1.64. The minimum absolute atomic E-state index is 0.300. The first-order valence-corrected chi connectivity index (χ1v) is 7.59. The molecule has 0 unspecified atom stereocenters. The van der Waals surface area contributed by atoms with Crippen LogP contribution in [0.2, 0.25) is 0 Å². The minimum Gasteiger partial charge on any atom is -0.492 e. The Bertz CT molecular complexity index is 524. The largest absolute Gasteiger partial charge is 0.492 e. The minimum atomic E-state index is -0.300. The number of hydrogen-bond donors (Lipinski definition) is 1. The second-order valence-electron chi connectivity index (χ2n) is 4.14. The summed E-state index contributed by atoms with van der Waals surface area (Å²) in [6.45, 7) is 4.18. The predicted octanol–water partition coefficient (Wildman–Crippen LogP) is 4.13. The zero-order valence-corrected chi connectivity index (χ0v) is 13.0. The van der Waals surface area contributed by atoms with E-state index < -0.39 is 0 Å². The average Bonchev–Trinajstić information content (AvgIpc) is 2.73. The lowest BCUT2D eigenvalue weighted by Crippen LogP contribution is -2.20. The van der Waals surface area contributed by atoms with Gasteiger partial charge in [0.25, 0.3) is 0 Å². The lowest BCUT2D eigenvalue weighted by Gasteiger charge is -2.07. The molecule has 0 saturated heterocycles. The second-order valence-corrected chi connectivity index (χ2v) is 6.43. The predicted molar refractivity (Wildman–Crippen MR) is 80.4 cm³/mol. The van der Waals surface area contributed by atoms with Gasteiger partial charge in [0.1, 0.15) is 18.2 Å². The monoisotopic (exact) mass is 343 g/mol. The zero-order chi connectivity index (χ0) is 13.7. The van der Waals surface area contributed by atoms with E-state index in [2.05, 4.69) is 40.3 Å². The summed E-state index contributed by atoms with van der Waals surface area (Å²) in [7, 11) is 0. The standard InChI is InChI=1S/C14H15BrFNOS/c1-10-2-3-14(19-10)9-17-4-5-18-13-7-11(15)6-12(16)8-13/h2-3,6-8,17H,4-5,9H2,1H3. The molecule has 0 atom stereocenters. The SMILES string of the molecule is Cc1ccc(CNCCOc2cc(F)cc(Br)c2)s1. The van der Waals surface area contributed by atoms with Crippen molar-refractivity contribution in [1.82, 2.24) is 5.32 Å². The summed E-state index contributed by atoms with van der Waals surface area (Å²) in [4.78, 5) is 2.63. The summed E-state index contributed by atoms with van der Waals surface area (Å²) in [5.41, 5.74) is 0. The van der Waals surface area contributed by atoms with Gasteiger partial charge in [-0.05, 0) is 31.2 Å². The zero-order valence-electron chi connectivity index (χ0n) is 10.6. The molecule has 19 heavy (non-hydrogen) atoms. The molecule has 0 bridgehead atoms. The Morgan fingerprint density at radius 3 is 2.84 bits per heavy atom. The van der Waals surface area contributed by atoms with Crippen LogP contribution in [0.1, 0.15) is 9.75 Å². The van der Waals surface area contributed by atoms with Gasteiger partial charge in [0, 0.05) is 33.4 Å². The first-order valence-electron chi connectivity index (χ1n) is 5.98. The van der Waals surface area contributed by atoms with Crippen LogP contribution in [0.5, 0.6) is 5.75 Å². The first kappa shape index (κ1) is 14.5. The molecule has 5 heteroatoms. The maximum atomic E-state index is 13.1. The van der Waals surface area contributed by atoms with Gasteiger partial charge in [-0.15, -0.1) is 11.3 Å². The number of nitrogens with one attached hydrogen (secondary N) is 1. The van der Waals surface area contributed by atoms with E-state index in [9.17, 15) is 4.39 Å². The Kier molecular flexibility index (Phi) is 5.36. The molecule has 0 radical (unpaired) electrons. The summed E-state index contributed by atoms with van der Waals surface area (Å²) in [5.74, 6) is 0.243. The molecule has 2 nitrogen and oxygen atoms in total. The molecule has 0 amide bonds.